The Kier molecular flexibility index (Phi) is 9.69. The number of rotatable bonds is 9. The maximum absolute atomic E-state index is 7.01. The lowest BCUT2D eigenvalue weighted by Gasteiger charge is -2.41. The quantitative estimate of drug-likeness (QED) is 0.365. The fraction of sp³-hybridized carbons (Fsp3) is 0.786. The van der Waals surface area contributed by atoms with Crippen molar-refractivity contribution in [1.29, 1.82) is 0 Å². The molecule has 0 amide bonds. The van der Waals surface area contributed by atoms with Crippen molar-refractivity contribution in [3.05, 3.63) is 29.8 Å². The smallest absolute Gasteiger partial charge is 0.389 e. The van der Waals surface area contributed by atoms with Crippen molar-refractivity contribution in [2.24, 2.45) is 35.5 Å². The summed E-state index contributed by atoms with van der Waals surface area (Å²) in [6.07, 6.45) is 8.27. The average molecular weight is 460 g/mol. The lowest BCUT2D eigenvalue weighted by molar-refractivity contribution is -0.0152. The first kappa shape index (κ1) is 25.8. The normalized spacial score (nSPS) is 31.4. The molecule has 1 aromatic carbocycles. The van der Waals surface area contributed by atoms with Crippen LogP contribution in [0, 0.1) is 35.5 Å². The summed E-state index contributed by atoms with van der Waals surface area (Å²) >= 11 is 0. The van der Waals surface area contributed by atoms with Crippen LogP contribution < -0.4 is 4.74 Å². The number of ether oxygens (including phenoxy) is 1. The van der Waals surface area contributed by atoms with E-state index >= 15 is 0 Å². The van der Waals surface area contributed by atoms with Crippen molar-refractivity contribution in [3.8, 4) is 5.75 Å². The molecule has 2 saturated carbocycles. The molecule has 2 aliphatic rings. The molecule has 0 unspecified atom stereocenters. The molecule has 0 heterocycles. The van der Waals surface area contributed by atoms with Crippen LogP contribution in [-0.2, 0) is 14.9 Å². The summed E-state index contributed by atoms with van der Waals surface area (Å²) in [5, 5.41) is 0. The zero-order valence-corrected chi connectivity index (χ0v) is 22.6. The van der Waals surface area contributed by atoms with Crippen LogP contribution in [0.5, 0.6) is 5.75 Å². The highest BCUT2D eigenvalue weighted by Crippen LogP contribution is 2.38. The van der Waals surface area contributed by atoms with Gasteiger partial charge in [-0.3, -0.25) is 0 Å². The van der Waals surface area contributed by atoms with Gasteiger partial charge in [0.05, 0.1) is 19.3 Å². The topological polar surface area (TPSA) is 27.7 Å². The molecule has 6 atom stereocenters. The van der Waals surface area contributed by atoms with E-state index in [0.29, 0.717) is 35.9 Å². The maximum Gasteiger partial charge on any atom is 0.389 e. The molecule has 1 radical (unpaired) electrons. The second-order valence-corrected chi connectivity index (χ2v) is 12.9. The third kappa shape index (κ3) is 7.08. The Hall–Kier alpha value is -0.843. The van der Waals surface area contributed by atoms with Crippen molar-refractivity contribution >= 4 is 9.28 Å². The zero-order valence-electron chi connectivity index (χ0n) is 21.6. The Morgan fingerprint density at radius 1 is 0.781 bits per heavy atom. The molecule has 0 saturated heterocycles. The van der Waals surface area contributed by atoms with Gasteiger partial charge in [-0.25, -0.2) is 0 Å². The molecule has 0 N–H and O–H groups in total. The van der Waals surface area contributed by atoms with Gasteiger partial charge in [0.15, 0.2) is 0 Å². The number of hydrogen-bond donors (Lipinski definition) is 0. The summed E-state index contributed by atoms with van der Waals surface area (Å²) in [5.74, 6) is 5.03. The predicted molar refractivity (Wildman–Crippen MR) is 135 cm³/mol. The van der Waals surface area contributed by atoms with Crippen LogP contribution in [-0.4, -0.2) is 28.6 Å². The average Bonchev–Trinajstić information content (AvgIpc) is 2.74. The highest BCUT2D eigenvalue weighted by atomic mass is 28.3. The van der Waals surface area contributed by atoms with Gasteiger partial charge in [-0.2, -0.15) is 0 Å². The first-order chi connectivity index (χ1) is 15.3. The summed E-state index contributed by atoms with van der Waals surface area (Å²) in [6.45, 7) is 14.2. The molecular formula is C28H47O3Si. The van der Waals surface area contributed by atoms with Gasteiger partial charge in [-0.1, -0.05) is 66.5 Å². The van der Waals surface area contributed by atoms with Crippen molar-refractivity contribution in [2.75, 3.05) is 7.11 Å². The molecule has 1 aromatic rings. The molecule has 4 heteroatoms. The summed E-state index contributed by atoms with van der Waals surface area (Å²) in [5.41, 5.74) is 1.30. The Balaban J connectivity index is 1.79. The molecule has 0 bridgehead atoms. The third-order valence-electron chi connectivity index (χ3n) is 8.00. The van der Waals surface area contributed by atoms with Crippen LogP contribution in [0.2, 0.25) is 0 Å². The van der Waals surface area contributed by atoms with Crippen LogP contribution in [0.1, 0.15) is 85.6 Å². The van der Waals surface area contributed by atoms with Crippen LogP contribution in [0.4, 0.5) is 0 Å². The summed E-state index contributed by atoms with van der Waals surface area (Å²) < 4.78 is 19.4. The highest BCUT2D eigenvalue weighted by molar-refractivity contribution is 6.44. The van der Waals surface area contributed by atoms with Crippen molar-refractivity contribution < 1.29 is 13.6 Å². The van der Waals surface area contributed by atoms with E-state index in [4.69, 9.17) is 13.6 Å². The minimum atomic E-state index is -1.43. The second-order valence-electron chi connectivity index (χ2n) is 11.4. The minimum absolute atomic E-state index is 0.337. The molecule has 2 aliphatic carbocycles. The Morgan fingerprint density at radius 3 is 1.66 bits per heavy atom. The second kappa shape index (κ2) is 12.0. The summed E-state index contributed by atoms with van der Waals surface area (Å²) in [7, 11) is 0.293. The van der Waals surface area contributed by atoms with Gasteiger partial charge in [0, 0.05) is 6.04 Å². The third-order valence-corrected chi connectivity index (χ3v) is 9.82. The van der Waals surface area contributed by atoms with E-state index in [1.807, 2.05) is 0 Å². The SMILES string of the molecule is COc1ccc(C[Si](O[C@H]2C[C@@H](C)CC[C@@H]2C(C)C)O[C@H]2C[C@@H](C)CC[C@@H]2C(C)C)cc1. The van der Waals surface area contributed by atoms with Crippen LogP contribution in [0.15, 0.2) is 24.3 Å². The number of benzene rings is 1. The van der Waals surface area contributed by atoms with Gasteiger partial charge in [-0.15, -0.1) is 0 Å². The van der Waals surface area contributed by atoms with Gasteiger partial charge in [0.25, 0.3) is 0 Å². The van der Waals surface area contributed by atoms with Crippen LogP contribution in [0.3, 0.4) is 0 Å². The van der Waals surface area contributed by atoms with Gasteiger partial charge >= 0.3 is 9.28 Å². The molecule has 3 rings (SSSR count). The Bertz CT molecular complexity index is 640. The molecule has 181 valence electrons. The van der Waals surface area contributed by atoms with Crippen molar-refractivity contribution in [3.63, 3.8) is 0 Å². The van der Waals surface area contributed by atoms with Gasteiger partial charge in [0.2, 0.25) is 0 Å². The van der Waals surface area contributed by atoms with E-state index in [9.17, 15) is 0 Å². The first-order valence-corrected chi connectivity index (χ1v) is 14.6. The molecule has 32 heavy (non-hydrogen) atoms. The summed E-state index contributed by atoms with van der Waals surface area (Å²) in [4.78, 5) is 0. The van der Waals surface area contributed by atoms with Gasteiger partial charge in [0.1, 0.15) is 5.75 Å². The molecular weight excluding hydrogens is 412 g/mol. The fourth-order valence-corrected chi connectivity index (χ4v) is 7.87. The zero-order chi connectivity index (χ0) is 23.3. The number of hydrogen-bond acceptors (Lipinski definition) is 3. The lowest BCUT2D eigenvalue weighted by Crippen LogP contribution is -2.45. The molecule has 0 aliphatic heterocycles. The highest BCUT2D eigenvalue weighted by Gasteiger charge is 2.38. The molecule has 0 spiro atoms. The van der Waals surface area contributed by atoms with Crippen molar-refractivity contribution in [2.45, 2.75) is 98.3 Å². The first-order valence-electron chi connectivity index (χ1n) is 13.1. The van der Waals surface area contributed by atoms with E-state index in [1.165, 1.54) is 44.1 Å². The lowest BCUT2D eigenvalue weighted by atomic mass is 9.75. The van der Waals surface area contributed by atoms with E-state index < -0.39 is 9.28 Å². The molecule has 3 nitrogen and oxygen atoms in total. The maximum atomic E-state index is 7.01. The standard InChI is InChI=1S/C28H47O3Si/c1-19(2)25-14-8-21(5)16-27(25)30-32(18-23-10-12-24(29-7)13-11-23)31-28-17-22(6)9-15-26(28)20(3)4/h10-13,19-22,25-28H,8-9,14-18H2,1-7H3/t21-,22-,25+,26+,27-,28-/m0/s1. The summed E-state index contributed by atoms with van der Waals surface area (Å²) in [6, 6.07) is 9.40. The van der Waals surface area contributed by atoms with Crippen LogP contribution in [0.25, 0.3) is 0 Å². The molecule has 0 aromatic heterocycles. The van der Waals surface area contributed by atoms with Crippen LogP contribution >= 0.6 is 0 Å². The van der Waals surface area contributed by atoms with Crippen molar-refractivity contribution in [1.82, 2.24) is 0 Å². The van der Waals surface area contributed by atoms with E-state index in [-0.39, 0.29) is 0 Å². The molecule has 2 fully saturated rings. The van der Waals surface area contributed by atoms with E-state index in [2.05, 4.69) is 65.8 Å². The largest absolute Gasteiger partial charge is 0.497 e. The monoisotopic (exact) mass is 459 g/mol. The van der Waals surface area contributed by atoms with Gasteiger partial charge < -0.3 is 13.6 Å². The predicted octanol–water partition coefficient (Wildman–Crippen LogP) is 7.22. The minimum Gasteiger partial charge on any atom is -0.497 e. The fourth-order valence-electron chi connectivity index (χ4n) is 5.86. The van der Waals surface area contributed by atoms with E-state index in [0.717, 1.165) is 23.6 Å². The van der Waals surface area contributed by atoms with E-state index in [1.54, 1.807) is 7.11 Å². The Labute approximate surface area is 199 Å². The Morgan fingerprint density at radius 2 is 1.25 bits per heavy atom. The number of methoxy groups -OCH3 is 1. The van der Waals surface area contributed by atoms with Gasteiger partial charge in [-0.05, 0) is 78.9 Å².